The molecule has 1 heterocycles. The van der Waals surface area contributed by atoms with E-state index in [1.165, 1.54) is 0 Å². The molecule has 0 aliphatic carbocycles. The lowest BCUT2D eigenvalue weighted by molar-refractivity contribution is 0.0958. The smallest absolute Gasteiger partial charge is 0.294 e. The summed E-state index contributed by atoms with van der Waals surface area (Å²) in [7, 11) is 1.58. The number of amides is 1. The third-order valence-electron chi connectivity index (χ3n) is 3.16. The van der Waals surface area contributed by atoms with Gasteiger partial charge < -0.3 is 19.8 Å². The minimum absolute atomic E-state index is 0.193. The molecule has 0 saturated heterocycles. The number of carbonyl (C=O) groups excluding carboxylic acids is 1. The Morgan fingerprint density at radius 2 is 2.05 bits per heavy atom. The first-order valence-corrected chi connectivity index (χ1v) is 6.88. The largest absolute Gasteiger partial charge is 0.495 e. The topological polar surface area (TPSA) is 68.7 Å². The molecule has 0 radical (unpaired) electrons. The summed E-state index contributed by atoms with van der Waals surface area (Å²) in [6, 6.07) is 10.9. The lowest BCUT2D eigenvalue weighted by atomic mass is 10.2. The normalized spacial score (nSPS) is 10.4. The van der Waals surface area contributed by atoms with Crippen LogP contribution in [0.3, 0.4) is 0 Å². The van der Waals surface area contributed by atoms with Crippen molar-refractivity contribution in [2.24, 2.45) is 5.73 Å². The maximum atomic E-state index is 12.7. The summed E-state index contributed by atoms with van der Waals surface area (Å²) < 4.78 is 10.8. The number of benzene rings is 1. The number of nitrogens with two attached hydrogens (primary N) is 1. The highest BCUT2D eigenvalue weighted by molar-refractivity contribution is 6.05. The first kappa shape index (κ1) is 15.1. The van der Waals surface area contributed by atoms with Gasteiger partial charge in [0.15, 0.2) is 5.76 Å². The van der Waals surface area contributed by atoms with Gasteiger partial charge in [0.1, 0.15) is 11.5 Å². The van der Waals surface area contributed by atoms with E-state index in [4.69, 9.17) is 14.9 Å². The van der Waals surface area contributed by atoms with Gasteiger partial charge in [0.05, 0.1) is 12.8 Å². The van der Waals surface area contributed by atoms with E-state index in [-0.39, 0.29) is 5.91 Å². The first-order chi connectivity index (χ1) is 10.2. The predicted octanol–water partition coefficient (Wildman–Crippen LogP) is 2.59. The highest BCUT2D eigenvalue weighted by Gasteiger charge is 2.22. The van der Waals surface area contributed by atoms with E-state index in [9.17, 15) is 4.79 Å². The average Bonchev–Trinajstić information content (AvgIpc) is 2.94. The lowest BCUT2D eigenvalue weighted by Gasteiger charge is -2.23. The van der Waals surface area contributed by atoms with E-state index in [0.717, 1.165) is 0 Å². The molecule has 0 fully saturated rings. The predicted molar refractivity (Wildman–Crippen MR) is 81.8 cm³/mol. The Morgan fingerprint density at radius 3 is 2.67 bits per heavy atom. The number of aryl methyl sites for hydroxylation is 1. The molecule has 2 N–H and O–H groups in total. The zero-order chi connectivity index (χ0) is 15.2. The van der Waals surface area contributed by atoms with Gasteiger partial charge in [-0.05, 0) is 44.2 Å². The summed E-state index contributed by atoms with van der Waals surface area (Å²) in [4.78, 5) is 14.3. The number of ether oxygens (including phenoxy) is 1. The Hall–Kier alpha value is -2.27. The molecule has 112 valence electrons. The second kappa shape index (κ2) is 6.95. The molecule has 1 aromatic heterocycles. The van der Waals surface area contributed by atoms with Crippen molar-refractivity contribution in [3.8, 4) is 5.75 Å². The molecule has 1 amide bonds. The molecule has 5 heteroatoms. The summed E-state index contributed by atoms with van der Waals surface area (Å²) in [6.45, 7) is 2.83. The van der Waals surface area contributed by atoms with Crippen molar-refractivity contribution in [1.82, 2.24) is 0 Å². The van der Waals surface area contributed by atoms with Crippen LogP contribution >= 0.6 is 0 Å². The summed E-state index contributed by atoms with van der Waals surface area (Å²) in [6.07, 6.45) is 0.698. The maximum Gasteiger partial charge on any atom is 0.294 e. The number of rotatable bonds is 6. The Bertz CT molecular complexity index is 607. The second-order valence-electron chi connectivity index (χ2n) is 4.68. The number of furan rings is 1. The molecule has 2 rings (SSSR count). The lowest BCUT2D eigenvalue weighted by Crippen LogP contribution is -2.33. The van der Waals surface area contributed by atoms with Crippen LogP contribution in [-0.2, 0) is 0 Å². The van der Waals surface area contributed by atoms with Crippen molar-refractivity contribution in [2.45, 2.75) is 13.3 Å². The van der Waals surface area contributed by atoms with Crippen molar-refractivity contribution in [1.29, 1.82) is 0 Å². The monoisotopic (exact) mass is 288 g/mol. The third kappa shape index (κ3) is 3.44. The van der Waals surface area contributed by atoms with E-state index in [1.54, 1.807) is 24.1 Å². The number of carbonyl (C=O) groups is 1. The number of hydrogen-bond acceptors (Lipinski definition) is 4. The standard InChI is InChI=1S/C16H20N2O3/c1-12-8-9-15(21-12)16(19)18(11-5-10-17)13-6-3-4-7-14(13)20-2/h3-4,6-9H,5,10-11,17H2,1-2H3. The van der Waals surface area contributed by atoms with Crippen LogP contribution in [0.4, 0.5) is 5.69 Å². The number of nitrogens with zero attached hydrogens (tertiary/aromatic N) is 1. The fourth-order valence-electron chi connectivity index (χ4n) is 2.12. The third-order valence-corrected chi connectivity index (χ3v) is 3.16. The zero-order valence-electron chi connectivity index (χ0n) is 12.3. The van der Waals surface area contributed by atoms with Gasteiger partial charge in [-0.15, -0.1) is 0 Å². The van der Waals surface area contributed by atoms with E-state index < -0.39 is 0 Å². The van der Waals surface area contributed by atoms with Crippen molar-refractivity contribution >= 4 is 11.6 Å². The van der Waals surface area contributed by atoms with Gasteiger partial charge in [-0.1, -0.05) is 12.1 Å². The highest BCUT2D eigenvalue weighted by atomic mass is 16.5. The van der Waals surface area contributed by atoms with Crippen LogP contribution in [0.5, 0.6) is 5.75 Å². The molecule has 1 aromatic carbocycles. The van der Waals surface area contributed by atoms with Gasteiger partial charge in [-0.25, -0.2) is 0 Å². The van der Waals surface area contributed by atoms with Gasteiger partial charge in [-0.2, -0.15) is 0 Å². The second-order valence-corrected chi connectivity index (χ2v) is 4.68. The summed E-state index contributed by atoms with van der Waals surface area (Å²) >= 11 is 0. The van der Waals surface area contributed by atoms with Crippen LogP contribution in [0.2, 0.25) is 0 Å². The van der Waals surface area contributed by atoms with E-state index in [0.29, 0.717) is 42.5 Å². The van der Waals surface area contributed by atoms with Crippen LogP contribution in [0.15, 0.2) is 40.8 Å². The van der Waals surface area contributed by atoms with Crippen molar-refractivity contribution in [2.75, 3.05) is 25.1 Å². The Kier molecular flexibility index (Phi) is 5.00. The Morgan fingerprint density at radius 1 is 1.29 bits per heavy atom. The van der Waals surface area contributed by atoms with Crippen LogP contribution in [0.25, 0.3) is 0 Å². The fourth-order valence-corrected chi connectivity index (χ4v) is 2.12. The Balaban J connectivity index is 2.35. The van der Waals surface area contributed by atoms with Crippen LogP contribution in [0.1, 0.15) is 22.7 Å². The van der Waals surface area contributed by atoms with Crippen molar-refractivity contribution in [3.63, 3.8) is 0 Å². The summed E-state index contributed by atoms with van der Waals surface area (Å²) in [5, 5.41) is 0. The first-order valence-electron chi connectivity index (χ1n) is 6.88. The molecular formula is C16H20N2O3. The van der Waals surface area contributed by atoms with E-state index in [1.807, 2.05) is 31.2 Å². The van der Waals surface area contributed by atoms with Crippen molar-refractivity contribution < 1.29 is 13.9 Å². The quantitative estimate of drug-likeness (QED) is 0.887. The number of hydrogen-bond donors (Lipinski definition) is 1. The van der Waals surface area contributed by atoms with Gasteiger partial charge >= 0.3 is 0 Å². The van der Waals surface area contributed by atoms with Gasteiger partial charge in [0, 0.05) is 6.54 Å². The zero-order valence-corrected chi connectivity index (χ0v) is 12.3. The fraction of sp³-hybridized carbons (Fsp3) is 0.312. The van der Waals surface area contributed by atoms with Crippen LogP contribution in [-0.4, -0.2) is 26.1 Å². The summed E-state index contributed by atoms with van der Waals surface area (Å²) in [5.74, 6) is 1.47. The van der Waals surface area contributed by atoms with E-state index >= 15 is 0 Å². The SMILES string of the molecule is COc1ccccc1N(CCCN)C(=O)c1ccc(C)o1. The highest BCUT2D eigenvalue weighted by Crippen LogP contribution is 2.29. The molecule has 0 spiro atoms. The molecule has 0 unspecified atom stereocenters. The molecule has 2 aromatic rings. The maximum absolute atomic E-state index is 12.7. The molecular weight excluding hydrogens is 268 g/mol. The molecule has 5 nitrogen and oxygen atoms in total. The van der Waals surface area contributed by atoms with Gasteiger partial charge in [-0.3, -0.25) is 4.79 Å². The Labute approximate surface area is 124 Å². The molecule has 21 heavy (non-hydrogen) atoms. The van der Waals surface area contributed by atoms with Gasteiger partial charge in [0.2, 0.25) is 0 Å². The molecule has 0 bridgehead atoms. The molecule has 0 aliphatic heterocycles. The minimum atomic E-state index is -0.193. The van der Waals surface area contributed by atoms with Crippen molar-refractivity contribution in [3.05, 3.63) is 47.9 Å². The van der Waals surface area contributed by atoms with E-state index in [2.05, 4.69) is 0 Å². The van der Waals surface area contributed by atoms with Crippen LogP contribution < -0.4 is 15.4 Å². The number of para-hydroxylation sites is 2. The number of anilines is 1. The minimum Gasteiger partial charge on any atom is -0.495 e. The van der Waals surface area contributed by atoms with Crippen LogP contribution in [0, 0.1) is 6.92 Å². The van der Waals surface area contributed by atoms with Gasteiger partial charge in [0.25, 0.3) is 5.91 Å². The molecule has 0 aliphatic rings. The number of methoxy groups -OCH3 is 1. The molecule has 0 saturated carbocycles. The average molecular weight is 288 g/mol. The molecule has 0 atom stereocenters. The summed E-state index contributed by atoms with van der Waals surface area (Å²) in [5.41, 5.74) is 6.29.